The fraction of sp³-hybridized carbons (Fsp3) is 0.462. The minimum absolute atomic E-state index is 0.0738. The van der Waals surface area contributed by atoms with E-state index in [1.165, 1.54) is 12.3 Å². The lowest BCUT2D eigenvalue weighted by atomic mass is 10.2. The molecule has 1 aliphatic rings. The average Bonchev–Trinajstić information content (AvgIpc) is 3.10. The highest BCUT2D eigenvalue weighted by Gasteiger charge is 2.23. The van der Waals surface area contributed by atoms with Gasteiger partial charge in [-0.15, -0.1) is 0 Å². The molecule has 21 heavy (non-hydrogen) atoms. The van der Waals surface area contributed by atoms with E-state index in [0.29, 0.717) is 17.2 Å². The number of anilines is 1. The molecule has 1 fully saturated rings. The molecule has 0 atom stereocenters. The topological polar surface area (TPSA) is 107 Å². The van der Waals surface area contributed by atoms with Gasteiger partial charge in [-0.25, -0.2) is 4.98 Å². The lowest BCUT2D eigenvalue weighted by Crippen LogP contribution is -2.16. The van der Waals surface area contributed by atoms with Crippen LogP contribution < -0.4 is 5.32 Å². The summed E-state index contributed by atoms with van der Waals surface area (Å²) in [4.78, 5) is 19.0. The SMILES string of the molecule is Cc1noc(-c2cnc(NC3CCCC3)c([N+](=O)[O-])c2)n1. The number of hydrogen-bond donors (Lipinski definition) is 1. The molecular formula is C13H15N5O3. The third-order valence-corrected chi connectivity index (χ3v) is 3.53. The third-order valence-electron chi connectivity index (χ3n) is 3.53. The predicted molar refractivity (Wildman–Crippen MR) is 74.8 cm³/mol. The summed E-state index contributed by atoms with van der Waals surface area (Å²) in [5.41, 5.74) is 0.370. The number of aryl methyl sites for hydroxylation is 1. The first-order valence-electron chi connectivity index (χ1n) is 6.85. The van der Waals surface area contributed by atoms with Crippen LogP contribution in [0.2, 0.25) is 0 Å². The van der Waals surface area contributed by atoms with Crippen molar-refractivity contribution in [3.63, 3.8) is 0 Å². The van der Waals surface area contributed by atoms with Crippen LogP contribution in [0, 0.1) is 17.0 Å². The van der Waals surface area contributed by atoms with Gasteiger partial charge in [0.25, 0.3) is 5.89 Å². The molecule has 0 spiro atoms. The Morgan fingerprint density at radius 2 is 2.19 bits per heavy atom. The summed E-state index contributed by atoms with van der Waals surface area (Å²) in [5, 5.41) is 18.1. The molecule has 2 aromatic rings. The lowest BCUT2D eigenvalue weighted by molar-refractivity contribution is -0.384. The maximum Gasteiger partial charge on any atom is 0.312 e. The molecule has 1 aliphatic carbocycles. The Kier molecular flexibility index (Phi) is 3.51. The van der Waals surface area contributed by atoms with Crippen molar-refractivity contribution in [2.24, 2.45) is 0 Å². The Labute approximate surface area is 120 Å². The van der Waals surface area contributed by atoms with Crippen molar-refractivity contribution in [2.75, 3.05) is 5.32 Å². The van der Waals surface area contributed by atoms with Gasteiger partial charge in [0, 0.05) is 18.3 Å². The van der Waals surface area contributed by atoms with E-state index >= 15 is 0 Å². The molecule has 3 rings (SSSR count). The third kappa shape index (κ3) is 2.83. The van der Waals surface area contributed by atoms with Crippen LogP contribution >= 0.6 is 0 Å². The van der Waals surface area contributed by atoms with Gasteiger partial charge in [-0.2, -0.15) is 4.98 Å². The summed E-state index contributed by atoms with van der Waals surface area (Å²) in [6.45, 7) is 1.69. The zero-order valence-electron chi connectivity index (χ0n) is 11.6. The molecule has 1 N–H and O–H groups in total. The highest BCUT2D eigenvalue weighted by molar-refractivity contribution is 5.65. The predicted octanol–water partition coefficient (Wildman–Crippen LogP) is 2.70. The first-order chi connectivity index (χ1) is 10.1. The largest absolute Gasteiger partial charge is 0.362 e. The fourth-order valence-corrected chi connectivity index (χ4v) is 2.50. The standard InChI is InChI=1S/C13H15N5O3/c1-8-15-13(21-17-8)9-6-11(18(19)20)12(14-7-9)16-10-4-2-3-5-10/h6-7,10H,2-5H2,1H3,(H,14,16). The first kappa shape index (κ1) is 13.5. The van der Waals surface area contributed by atoms with Gasteiger partial charge in [-0.1, -0.05) is 18.0 Å². The van der Waals surface area contributed by atoms with E-state index in [2.05, 4.69) is 20.4 Å². The molecule has 0 bridgehead atoms. The van der Waals surface area contributed by atoms with Crippen molar-refractivity contribution in [3.05, 3.63) is 28.2 Å². The Hall–Kier alpha value is -2.51. The van der Waals surface area contributed by atoms with Gasteiger partial charge in [-0.05, 0) is 19.8 Å². The average molecular weight is 289 g/mol. The molecule has 0 saturated heterocycles. The normalized spacial score (nSPS) is 15.3. The summed E-state index contributed by atoms with van der Waals surface area (Å²) >= 11 is 0. The number of aromatic nitrogens is 3. The number of rotatable bonds is 4. The Morgan fingerprint density at radius 3 is 2.81 bits per heavy atom. The van der Waals surface area contributed by atoms with E-state index in [1.54, 1.807) is 6.92 Å². The van der Waals surface area contributed by atoms with Gasteiger partial charge >= 0.3 is 5.69 Å². The highest BCUT2D eigenvalue weighted by Crippen LogP contribution is 2.30. The van der Waals surface area contributed by atoms with E-state index in [0.717, 1.165) is 25.7 Å². The van der Waals surface area contributed by atoms with E-state index in [9.17, 15) is 10.1 Å². The molecule has 0 amide bonds. The van der Waals surface area contributed by atoms with Gasteiger partial charge in [0.2, 0.25) is 5.82 Å². The molecule has 0 unspecified atom stereocenters. The number of nitrogens with one attached hydrogen (secondary N) is 1. The van der Waals surface area contributed by atoms with Crippen LogP contribution in [0.15, 0.2) is 16.8 Å². The molecule has 2 heterocycles. The van der Waals surface area contributed by atoms with Crippen LogP contribution in [0.3, 0.4) is 0 Å². The van der Waals surface area contributed by atoms with Crippen molar-refractivity contribution in [2.45, 2.75) is 38.6 Å². The number of nitro groups is 1. The van der Waals surface area contributed by atoms with Gasteiger partial charge in [0.1, 0.15) is 0 Å². The molecule has 2 aromatic heterocycles. The van der Waals surface area contributed by atoms with Crippen molar-refractivity contribution < 1.29 is 9.45 Å². The monoisotopic (exact) mass is 289 g/mol. The van der Waals surface area contributed by atoms with Crippen LogP contribution in [0.4, 0.5) is 11.5 Å². The van der Waals surface area contributed by atoms with Crippen molar-refractivity contribution >= 4 is 11.5 Å². The van der Waals surface area contributed by atoms with Crippen molar-refractivity contribution in [3.8, 4) is 11.5 Å². The summed E-state index contributed by atoms with van der Waals surface area (Å²) in [6, 6.07) is 1.67. The minimum atomic E-state index is -0.447. The molecule has 0 aromatic carbocycles. The number of hydrogen-bond acceptors (Lipinski definition) is 7. The quantitative estimate of drug-likeness (QED) is 0.681. The molecule has 8 heteroatoms. The summed E-state index contributed by atoms with van der Waals surface area (Å²) in [7, 11) is 0. The summed E-state index contributed by atoms with van der Waals surface area (Å²) in [5.74, 6) is 1.00. The van der Waals surface area contributed by atoms with Crippen molar-refractivity contribution in [1.82, 2.24) is 15.1 Å². The summed E-state index contributed by atoms with van der Waals surface area (Å²) in [6.07, 6.45) is 5.83. The van der Waals surface area contributed by atoms with Crippen LogP contribution in [-0.4, -0.2) is 26.1 Å². The Bertz CT molecular complexity index is 664. The molecule has 8 nitrogen and oxygen atoms in total. The number of pyridine rings is 1. The summed E-state index contributed by atoms with van der Waals surface area (Å²) < 4.78 is 5.01. The minimum Gasteiger partial charge on any atom is -0.362 e. The van der Waals surface area contributed by atoms with Gasteiger partial charge in [0.15, 0.2) is 5.82 Å². The van der Waals surface area contributed by atoms with Crippen LogP contribution in [0.1, 0.15) is 31.5 Å². The molecule has 0 radical (unpaired) electrons. The zero-order chi connectivity index (χ0) is 14.8. The molecule has 0 aliphatic heterocycles. The van der Waals surface area contributed by atoms with Crippen LogP contribution in [0.5, 0.6) is 0 Å². The van der Waals surface area contributed by atoms with Crippen LogP contribution in [0.25, 0.3) is 11.5 Å². The Morgan fingerprint density at radius 1 is 1.43 bits per heavy atom. The van der Waals surface area contributed by atoms with Crippen LogP contribution in [-0.2, 0) is 0 Å². The molecule has 1 saturated carbocycles. The van der Waals surface area contributed by atoms with E-state index in [-0.39, 0.29) is 17.6 Å². The number of nitrogens with zero attached hydrogens (tertiary/aromatic N) is 4. The van der Waals surface area contributed by atoms with E-state index in [4.69, 9.17) is 4.52 Å². The fourth-order valence-electron chi connectivity index (χ4n) is 2.50. The lowest BCUT2D eigenvalue weighted by Gasteiger charge is -2.12. The van der Waals surface area contributed by atoms with Gasteiger partial charge < -0.3 is 9.84 Å². The van der Waals surface area contributed by atoms with E-state index in [1.807, 2.05) is 0 Å². The van der Waals surface area contributed by atoms with Gasteiger partial charge in [0.05, 0.1) is 10.5 Å². The Balaban J connectivity index is 1.92. The maximum absolute atomic E-state index is 11.2. The van der Waals surface area contributed by atoms with Gasteiger partial charge in [-0.3, -0.25) is 10.1 Å². The second-order valence-corrected chi connectivity index (χ2v) is 5.12. The second kappa shape index (κ2) is 5.47. The highest BCUT2D eigenvalue weighted by atomic mass is 16.6. The molecular weight excluding hydrogens is 274 g/mol. The maximum atomic E-state index is 11.2. The smallest absolute Gasteiger partial charge is 0.312 e. The van der Waals surface area contributed by atoms with Crippen molar-refractivity contribution in [1.29, 1.82) is 0 Å². The molecule has 110 valence electrons. The first-order valence-corrected chi connectivity index (χ1v) is 6.85. The van der Waals surface area contributed by atoms with E-state index < -0.39 is 4.92 Å². The zero-order valence-corrected chi connectivity index (χ0v) is 11.6. The second-order valence-electron chi connectivity index (χ2n) is 5.12.